The minimum Gasteiger partial charge on any atom is -0.507 e. The van der Waals surface area contributed by atoms with E-state index in [1.807, 2.05) is 84.9 Å². The van der Waals surface area contributed by atoms with Gasteiger partial charge in [-0.1, -0.05) is 84.9 Å². The number of aliphatic hydroxyl groups excluding tert-OH is 1. The highest BCUT2D eigenvalue weighted by Gasteiger charge is 2.46. The summed E-state index contributed by atoms with van der Waals surface area (Å²) in [5.74, 6) is -1.51. The number of nitrogens with zero attached hydrogens (tertiary/aromatic N) is 1. The number of carbonyl (C=O) groups is 2. The third kappa shape index (κ3) is 3.19. The highest BCUT2D eigenvalue weighted by Crippen LogP contribution is 2.42. The van der Waals surface area contributed by atoms with E-state index >= 15 is 0 Å². The first kappa shape index (κ1) is 18.8. The zero-order valence-corrected chi connectivity index (χ0v) is 16.6. The molecule has 0 saturated carbocycles. The summed E-state index contributed by atoms with van der Waals surface area (Å²) in [6.07, 6.45) is 0. The molecule has 5 rings (SSSR count). The molecule has 1 aliphatic rings. The van der Waals surface area contributed by atoms with Gasteiger partial charge in [-0.3, -0.25) is 14.5 Å². The monoisotopic (exact) mass is 405 g/mol. The minimum absolute atomic E-state index is 0.0929. The van der Waals surface area contributed by atoms with Crippen molar-refractivity contribution >= 4 is 33.9 Å². The number of hydrogen-bond donors (Lipinski definition) is 1. The molecule has 4 heteroatoms. The molecular weight excluding hydrogens is 386 g/mol. The first-order chi connectivity index (χ1) is 15.1. The van der Waals surface area contributed by atoms with Crippen LogP contribution in [-0.4, -0.2) is 16.8 Å². The van der Waals surface area contributed by atoms with Crippen LogP contribution in [0.5, 0.6) is 0 Å². The first-order valence-electron chi connectivity index (χ1n) is 10.1. The summed E-state index contributed by atoms with van der Waals surface area (Å²) in [4.78, 5) is 27.7. The molecular formula is C27H19NO3. The number of carbonyl (C=O) groups excluding carboxylic acids is 2. The van der Waals surface area contributed by atoms with Gasteiger partial charge in [0, 0.05) is 11.3 Å². The summed E-state index contributed by atoms with van der Waals surface area (Å²) in [6, 6.07) is 31.0. The van der Waals surface area contributed by atoms with Gasteiger partial charge in [0.15, 0.2) is 0 Å². The van der Waals surface area contributed by atoms with Crippen LogP contribution in [0.15, 0.2) is 109 Å². The number of rotatable bonds is 3. The number of hydrogen-bond acceptors (Lipinski definition) is 3. The van der Waals surface area contributed by atoms with E-state index in [1.165, 1.54) is 4.90 Å². The number of Topliss-reactive ketones (excluding diaryl/α,β-unsaturated/α-hetero) is 1. The highest BCUT2D eigenvalue weighted by molar-refractivity contribution is 6.51. The predicted octanol–water partition coefficient (Wildman–Crippen LogP) is 5.47. The van der Waals surface area contributed by atoms with Crippen LogP contribution in [0, 0.1) is 0 Å². The summed E-state index contributed by atoms with van der Waals surface area (Å²) < 4.78 is 0. The van der Waals surface area contributed by atoms with E-state index in [2.05, 4.69) is 0 Å². The van der Waals surface area contributed by atoms with Gasteiger partial charge in [-0.05, 0) is 34.5 Å². The number of ketones is 1. The Morgan fingerprint density at radius 3 is 2.03 bits per heavy atom. The standard InChI is InChI=1S/C27H19NO3/c29-25(21-16-15-18-9-7-8-12-20(18)17-21)23-24(19-10-3-1-4-11-19)28(27(31)26(23)30)22-13-5-2-6-14-22/h1-17,24,29H/b25-23-. The van der Waals surface area contributed by atoms with E-state index in [0.717, 1.165) is 16.3 Å². The van der Waals surface area contributed by atoms with Crippen LogP contribution in [0.3, 0.4) is 0 Å². The van der Waals surface area contributed by atoms with Crippen LogP contribution in [0.4, 0.5) is 5.69 Å². The van der Waals surface area contributed by atoms with E-state index in [4.69, 9.17) is 0 Å². The highest BCUT2D eigenvalue weighted by atomic mass is 16.3. The molecule has 1 N–H and O–H groups in total. The summed E-state index contributed by atoms with van der Waals surface area (Å²) in [7, 11) is 0. The van der Waals surface area contributed by atoms with Gasteiger partial charge in [0.2, 0.25) is 0 Å². The molecule has 4 aromatic rings. The van der Waals surface area contributed by atoms with E-state index in [9.17, 15) is 14.7 Å². The van der Waals surface area contributed by atoms with E-state index in [-0.39, 0.29) is 11.3 Å². The topological polar surface area (TPSA) is 57.6 Å². The number of aliphatic hydroxyl groups is 1. The van der Waals surface area contributed by atoms with Crippen molar-refractivity contribution in [1.29, 1.82) is 0 Å². The third-order valence-corrected chi connectivity index (χ3v) is 5.62. The third-order valence-electron chi connectivity index (χ3n) is 5.62. The van der Waals surface area contributed by atoms with Crippen molar-refractivity contribution < 1.29 is 14.7 Å². The van der Waals surface area contributed by atoms with Crippen molar-refractivity contribution in [2.24, 2.45) is 0 Å². The molecule has 4 nitrogen and oxygen atoms in total. The normalized spacial score (nSPS) is 17.9. The van der Waals surface area contributed by atoms with Gasteiger partial charge >= 0.3 is 0 Å². The maximum Gasteiger partial charge on any atom is 0.300 e. The number of anilines is 1. The smallest absolute Gasteiger partial charge is 0.300 e. The quantitative estimate of drug-likeness (QED) is 0.279. The molecule has 1 unspecified atom stereocenters. The van der Waals surface area contributed by atoms with E-state index < -0.39 is 17.7 Å². The Bertz CT molecular complexity index is 1330. The number of para-hydroxylation sites is 1. The fraction of sp³-hybridized carbons (Fsp3) is 0.0370. The van der Waals surface area contributed by atoms with Crippen molar-refractivity contribution in [1.82, 2.24) is 0 Å². The van der Waals surface area contributed by atoms with Crippen molar-refractivity contribution in [3.63, 3.8) is 0 Å². The summed E-state index contributed by atoms with van der Waals surface area (Å²) >= 11 is 0. The Kier molecular flexibility index (Phi) is 4.60. The molecule has 0 aliphatic carbocycles. The molecule has 1 saturated heterocycles. The number of amides is 1. The van der Waals surface area contributed by atoms with Gasteiger partial charge in [0.25, 0.3) is 11.7 Å². The summed E-state index contributed by atoms with van der Waals surface area (Å²) in [5, 5.41) is 13.2. The summed E-state index contributed by atoms with van der Waals surface area (Å²) in [5.41, 5.74) is 1.96. The van der Waals surface area contributed by atoms with Crippen molar-refractivity contribution in [3.05, 3.63) is 120 Å². The minimum atomic E-state index is -0.713. The van der Waals surface area contributed by atoms with Gasteiger partial charge in [0.05, 0.1) is 11.6 Å². The lowest BCUT2D eigenvalue weighted by molar-refractivity contribution is -0.132. The number of fused-ring (bicyclic) bond motifs is 1. The lowest BCUT2D eigenvalue weighted by Crippen LogP contribution is -2.29. The van der Waals surface area contributed by atoms with E-state index in [1.54, 1.807) is 18.2 Å². The SMILES string of the molecule is O=C1C(=O)N(c2ccccc2)C(c2ccccc2)/C1=C(/O)c1ccc2ccccc2c1. The average molecular weight is 405 g/mol. The van der Waals surface area contributed by atoms with Crippen LogP contribution >= 0.6 is 0 Å². The maximum atomic E-state index is 13.1. The Hall–Kier alpha value is -4.18. The van der Waals surface area contributed by atoms with Gasteiger partial charge in [-0.15, -0.1) is 0 Å². The molecule has 0 aromatic heterocycles. The second kappa shape index (κ2) is 7.58. The fourth-order valence-electron chi connectivity index (χ4n) is 4.13. The van der Waals surface area contributed by atoms with Crippen LogP contribution in [-0.2, 0) is 9.59 Å². The number of benzene rings is 4. The van der Waals surface area contributed by atoms with Gasteiger partial charge in [-0.25, -0.2) is 0 Å². The fourth-order valence-corrected chi connectivity index (χ4v) is 4.13. The van der Waals surface area contributed by atoms with Crippen molar-refractivity contribution in [2.45, 2.75) is 6.04 Å². The molecule has 0 bridgehead atoms. The second-order valence-electron chi connectivity index (χ2n) is 7.48. The molecule has 1 atom stereocenters. The largest absolute Gasteiger partial charge is 0.507 e. The second-order valence-corrected chi connectivity index (χ2v) is 7.48. The molecule has 4 aromatic carbocycles. The molecule has 31 heavy (non-hydrogen) atoms. The van der Waals surface area contributed by atoms with Gasteiger partial charge in [0.1, 0.15) is 5.76 Å². The Morgan fingerprint density at radius 2 is 1.32 bits per heavy atom. The first-order valence-corrected chi connectivity index (χ1v) is 10.1. The van der Waals surface area contributed by atoms with Crippen LogP contribution in [0.1, 0.15) is 17.2 Å². The molecule has 0 spiro atoms. The summed E-state index contributed by atoms with van der Waals surface area (Å²) in [6.45, 7) is 0. The Labute approximate surface area is 179 Å². The molecule has 1 amide bonds. The molecule has 1 heterocycles. The van der Waals surface area contributed by atoms with Gasteiger partial charge < -0.3 is 5.11 Å². The van der Waals surface area contributed by atoms with Crippen LogP contribution in [0.25, 0.3) is 16.5 Å². The predicted molar refractivity (Wildman–Crippen MR) is 122 cm³/mol. The lowest BCUT2D eigenvalue weighted by atomic mass is 9.94. The molecule has 150 valence electrons. The van der Waals surface area contributed by atoms with E-state index in [0.29, 0.717) is 11.3 Å². The van der Waals surface area contributed by atoms with Gasteiger partial charge in [-0.2, -0.15) is 0 Å². The zero-order chi connectivity index (χ0) is 21.4. The van der Waals surface area contributed by atoms with Crippen molar-refractivity contribution in [2.75, 3.05) is 4.90 Å². The molecule has 1 fully saturated rings. The molecule has 0 radical (unpaired) electrons. The molecule has 1 aliphatic heterocycles. The average Bonchev–Trinajstić information content (AvgIpc) is 3.10. The zero-order valence-electron chi connectivity index (χ0n) is 16.6. The van der Waals surface area contributed by atoms with Crippen LogP contribution < -0.4 is 4.90 Å². The Balaban J connectivity index is 1.73. The maximum absolute atomic E-state index is 13.1. The van der Waals surface area contributed by atoms with Crippen molar-refractivity contribution in [3.8, 4) is 0 Å². The lowest BCUT2D eigenvalue weighted by Gasteiger charge is -2.25. The Morgan fingerprint density at radius 1 is 0.710 bits per heavy atom. The van der Waals surface area contributed by atoms with Crippen LogP contribution in [0.2, 0.25) is 0 Å².